The number of ether oxygens (including phenoxy) is 2. The minimum absolute atomic E-state index is 0.0554. The number of fused-ring (bicyclic) bond motifs is 1. The molecule has 240 valence electrons. The molecule has 3 N–H and O–H groups in total. The second kappa shape index (κ2) is 18.6. The van der Waals surface area contributed by atoms with E-state index in [1.807, 2.05) is 0 Å². The van der Waals surface area contributed by atoms with E-state index in [1.54, 1.807) is 23.0 Å². The lowest BCUT2D eigenvalue weighted by molar-refractivity contribution is 0.0610. The number of hydrogen-bond donors (Lipinski definition) is 2. The van der Waals surface area contributed by atoms with Gasteiger partial charge in [0, 0.05) is 6.61 Å². The van der Waals surface area contributed by atoms with Gasteiger partial charge >= 0.3 is 7.60 Å². The number of nitrogens with zero attached hydrogens (tertiary/aromatic N) is 4. The molecule has 0 radical (unpaired) electrons. The van der Waals surface area contributed by atoms with Crippen molar-refractivity contribution in [2.45, 2.75) is 103 Å². The van der Waals surface area contributed by atoms with Crippen molar-refractivity contribution in [1.82, 2.24) is 19.5 Å². The molecule has 0 aliphatic carbocycles. The maximum atomic E-state index is 12.3. The van der Waals surface area contributed by atoms with Crippen LogP contribution in [-0.4, -0.2) is 64.8 Å². The third kappa shape index (κ3) is 13.2. The molecule has 43 heavy (non-hydrogen) atoms. The van der Waals surface area contributed by atoms with Crippen LogP contribution in [0.15, 0.2) is 43.0 Å². The van der Waals surface area contributed by atoms with Gasteiger partial charge in [0.15, 0.2) is 11.5 Å². The molecular formula is C31H52N5O5PSi. The molecule has 0 fully saturated rings. The lowest BCUT2D eigenvalue weighted by atomic mass is 10.1. The van der Waals surface area contributed by atoms with Gasteiger partial charge < -0.3 is 29.2 Å². The van der Waals surface area contributed by atoms with Crippen LogP contribution in [0.1, 0.15) is 71.1 Å². The monoisotopic (exact) mass is 633 g/mol. The largest absolute Gasteiger partial charge is 0.382 e. The van der Waals surface area contributed by atoms with E-state index in [-0.39, 0.29) is 19.3 Å². The summed E-state index contributed by atoms with van der Waals surface area (Å²) in [5.74, 6) is 0.306. The summed E-state index contributed by atoms with van der Waals surface area (Å²) in [7, 11) is -5.14. The van der Waals surface area contributed by atoms with Gasteiger partial charge in [-0.2, -0.15) is 0 Å². The van der Waals surface area contributed by atoms with Gasteiger partial charge in [-0.1, -0.05) is 112 Å². The van der Waals surface area contributed by atoms with Crippen molar-refractivity contribution < 1.29 is 23.5 Å². The molecule has 0 spiro atoms. The zero-order valence-corrected chi connectivity index (χ0v) is 28.2. The Morgan fingerprint density at radius 3 is 2.26 bits per heavy atom. The zero-order chi connectivity index (χ0) is 31.0. The normalized spacial score (nSPS) is 14.2. The van der Waals surface area contributed by atoms with E-state index < -0.39 is 22.0 Å². The highest BCUT2D eigenvalue weighted by Gasteiger charge is 2.23. The number of aromatic nitrogens is 4. The molecule has 3 rings (SSSR count). The van der Waals surface area contributed by atoms with Crippen molar-refractivity contribution in [2.75, 3.05) is 31.9 Å². The molecule has 1 aromatic carbocycles. The van der Waals surface area contributed by atoms with Crippen LogP contribution in [0.4, 0.5) is 5.82 Å². The zero-order valence-electron chi connectivity index (χ0n) is 26.3. The maximum Gasteiger partial charge on any atom is 0.353 e. The third-order valence-electron chi connectivity index (χ3n) is 7.82. The predicted octanol–water partition coefficient (Wildman–Crippen LogP) is 6.51. The van der Waals surface area contributed by atoms with Crippen LogP contribution >= 0.6 is 7.60 Å². The van der Waals surface area contributed by atoms with Crippen molar-refractivity contribution in [3.05, 3.63) is 43.0 Å². The number of benzene rings is 1. The molecular weight excluding hydrogens is 581 g/mol. The topological polar surface area (TPSA) is 135 Å². The number of unbranched alkanes of at least 4 members (excludes halogenated alkanes) is 9. The lowest BCUT2D eigenvalue weighted by Crippen LogP contribution is -2.40. The van der Waals surface area contributed by atoms with Crippen LogP contribution in [0.2, 0.25) is 19.1 Å². The lowest BCUT2D eigenvalue weighted by Gasteiger charge is -2.22. The van der Waals surface area contributed by atoms with E-state index in [2.05, 4.69) is 58.4 Å². The quantitative estimate of drug-likeness (QED) is 0.0681. The van der Waals surface area contributed by atoms with Crippen LogP contribution in [0.5, 0.6) is 0 Å². The van der Waals surface area contributed by atoms with Crippen LogP contribution in [0.25, 0.3) is 11.2 Å². The van der Waals surface area contributed by atoms with Gasteiger partial charge in [0.1, 0.15) is 18.2 Å². The van der Waals surface area contributed by atoms with Crippen molar-refractivity contribution in [2.24, 2.45) is 0 Å². The van der Waals surface area contributed by atoms with E-state index in [0.29, 0.717) is 30.1 Å². The van der Waals surface area contributed by atoms with Gasteiger partial charge in [0.2, 0.25) is 0 Å². The standard InChI is InChI=1S/C31H52N5O5PSi/c1-27(23-36-25-35-29-30(32)33-24-34-31(29)36)40-26-42(37,38)41-21-20-39-19-15-10-8-6-4-5-7-9-11-16-22-43(2,3)28-17-13-12-14-18-28/h12-14,17-18,24-25,27H,4-11,15-16,19-23,26H2,1-3H3,(H,37,38)(H2,32,33,34)/t27-/m1/s1. The molecule has 0 saturated heterocycles. The van der Waals surface area contributed by atoms with Gasteiger partial charge in [-0.25, -0.2) is 15.0 Å². The fourth-order valence-electron chi connectivity index (χ4n) is 5.18. The molecule has 3 aromatic rings. The van der Waals surface area contributed by atoms with Gasteiger partial charge in [0.05, 0.1) is 40.3 Å². The summed E-state index contributed by atoms with van der Waals surface area (Å²) in [6, 6.07) is 12.5. The number of imidazole rings is 1. The first kappa shape index (κ1) is 35.3. The summed E-state index contributed by atoms with van der Waals surface area (Å²) in [6.45, 7) is 8.17. The first-order chi connectivity index (χ1) is 20.7. The molecule has 1 unspecified atom stereocenters. The molecule has 2 heterocycles. The first-order valence-corrected chi connectivity index (χ1v) is 20.8. The average molecular weight is 634 g/mol. The van der Waals surface area contributed by atoms with Crippen molar-refractivity contribution >= 4 is 37.8 Å². The van der Waals surface area contributed by atoms with Crippen LogP contribution in [-0.2, 0) is 25.1 Å². The number of hydrogen-bond acceptors (Lipinski definition) is 8. The first-order valence-electron chi connectivity index (χ1n) is 15.8. The Morgan fingerprint density at radius 2 is 1.56 bits per heavy atom. The number of nitrogen functional groups attached to an aromatic ring is 1. The smallest absolute Gasteiger partial charge is 0.353 e. The van der Waals surface area contributed by atoms with E-state index in [0.717, 1.165) is 12.8 Å². The van der Waals surface area contributed by atoms with E-state index in [4.69, 9.17) is 19.7 Å². The summed E-state index contributed by atoms with van der Waals surface area (Å²) in [6.07, 6.45) is 14.9. The highest BCUT2D eigenvalue weighted by molar-refractivity contribution is 7.52. The minimum atomic E-state index is -3.87. The molecule has 0 saturated carbocycles. The summed E-state index contributed by atoms with van der Waals surface area (Å²) in [4.78, 5) is 22.4. The van der Waals surface area contributed by atoms with E-state index >= 15 is 0 Å². The molecule has 0 aliphatic heterocycles. The number of rotatable bonds is 23. The Morgan fingerprint density at radius 1 is 0.907 bits per heavy atom. The Kier molecular flexibility index (Phi) is 15.3. The second-order valence-corrected chi connectivity index (χ2v) is 18.7. The second-order valence-electron chi connectivity index (χ2n) is 12.1. The summed E-state index contributed by atoms with van der Waals surface area (Å²) in [5, 5.41) is 1.58. The van der Waals surface area contributed by atoms with Gasteiger partial charge in [-0.15, -0.1) is 0 Å². The average Bonchev–Trinajstić information content (AvgIpc) is 3.40. The SMILES string of the molecule is C[C@H](Cn1cnc2c(N)ncnc21)OCP(=O)(O)OCCOCCCCCCCCCCCC[Si](C)(C)c1ccccc1. The molecule has 2 atom stereocenters. The molecule has 12 heteroatoms. The van der Waals surface area contributed by atoms with Gasteiger partial charge in [-0.05, 0) is 13.3 Å². The minimum Gasteiger partial charge on any atom is -0.382 e. The highest BCUT2D eigenvalue weighted by Crippen LogP contribution is 2.41. The van der Waals surface area contributed by atoms with Crippen molar-refractivity contribution in [3.63, 3.8) is 0 Å². The summed E-state index contributed by atoms with van der Waals surface area (Å²) < 4.78 is 30.4. The van der Waals surface area contributed by atoms with Crippen LogP contribution in [0.3, 0.4) is 0 Å². The van der Waals surface area contributed by atoms with Crippen molar-refractivity contribution in [1.29, 1.82) is 0 Å². The summed E-state index contributed by atoms with van der Waals surface area (Å²) >= 11 is 0. The van der Waals surface area contributed by atoms with Gasteiger partial charge in [-0.3, -0.25) is 4.57 Å². The molecule has 0 amide bonds. The Bertz CT molecular complexity index is 1250. The molecule has 10 nitrogen and oxygen atoms in total. The number of nitrogens with two attached hydrogens (primary N) is 1. The Hall–Kier alpha value is -2.14. The van der Waals surface area contributed by atoms with E-state index in [9.17, 15) is 9.46 Å². The van der Waals surface area contributed by atoms with E-state index in [1.165, 1.54) is 63.7 Å². The van der Waals surface area contributed by atoms with Crippen LogP contribution < -0.4 is 10.9 Å². The molecule has 0 bridgehead atoms. The summed E-state index contributed by atoms with van der Waals surface area (Å²) in [5.41, 5.74) is 6.92. The third-order valence-corrected chi connectivity index (χ3v) is 12.4. The van der Waals surface area contributed by atoms with Crippen LogP contribution in [0, 0.1) is 0 Å². The number of anilines is 1. The fraction of sp³-hybridized carbons (Fsp3) is 0.645. The Labute approximate surface area is 258 Å². The van der Waals surface area contributed by atoms with Crippen molar-refractivity contribution in [3.8, 4) is 0 Å². The molecule has 2 aromatic heterocycles. The highest BCUT2D eigenvalue weighted by atomic mass is 31.2. The Balaban J connectivity index is 1.10. The maximum absolute atomic E-state index is 12.3. The fourth-order valence-corrected chi connectivity index (χ4v) is 8.58. The van der Waals surface area contributed by atoms with Gasteiger partial charge in [0.25, 0.3) is 0 Å². The molecule has 0 aliphatic rings. The predicted molar refractivity (Wildman–Crippen MR) is 176 cm³/mol.